The smallest absolute Gasteiger partial charge is 0.462 e. The lowest BCUT2D eigenvalue weighted by Gasteiger charge is -2.24. The van der Waals surface area contributed by atoms with E-state index < -0.39 is 32.5 Å². The Balaban J connectivity index is 4.36. The van der Waals surface area contributed by atoms with Gasteiger partial charge < -0.3 is 18.9 Å². The molecule has 0 heterocycles. The van der Waals surface area contributed by atoms with E-state index in [4.69, 9.17) is 18.5 Å². The van der Waals surface area contributed by atoms with Crippen LogP contribution >= 0.6 is 7.82 Å². The van der Waals surface area contributed by atoms with Crippen LogP contribution in [-0.4, -0.2) is 74.9 Å². The number of allylic oxidation sites excluding steroid dienone is 10. The molecule has 0 rings (SSSR count). The van der Waals surface area contributed by atoms with Crippen molar-refractivity contribution in [3.05, 3.63) is 60.8 Å². The summed E-state index contributed by atoms with van der Waals surface area (Å²) >= 11 is 0. The molecule has 0 radical (unpaired) electrons. The average Bonchev–Trinajstić information content (AvgIpc) is 3.24. The molecule has 2 atom stereocenters. The van der Waals surface area contributed by atoms with E-state index >= 15 is 0 Å². The molecule has 1 unspecified atom stereocenters. The molecule has 0 amide bonds. The SMILES string of the molecule is CCCCC/C=C/C/C=C/C/C=C/C/C=C/C/C=C/CCC(=O)OC[C@H](COP(=O)(O)OCC[N+](C)(C)C)OC(=O)CCCCCCCCCCCCCCCCCCCCCC. The van der Waals surface area contributed by atoms with Crippen LogP contribution in [0.5, 0.6) is 0 Å². The van der Waals surface area contributed by atoms with Crippen LogP contribution in [0.25, 0.3) is 0 Å². The first-order chi connectivity index (χ1) is 30.5. The minimum absolute atomic E-state index is 0.0199. The second-order valence-electron chi connectivity index (χ2n) is 18.2. The zero-order valence-corrected chi connectivity index (χ0v) is 42.2. The molecule has 10 heteroatoms. The first kappa shape index (κ1) is 60.7. The monoisotopic (exact) mass is 907 g/mol. The fourth-order valence-electron chi connectivity index (χ4n) is 6.82. The van der Waals surface area contributed by atoms with Crippen molar-refractivity contribution in [3.63, 3.8) is 0 Å². The lowest BCUT2D eigenvalue weighted by atomic mass is 10.0. The maximum Gasteiger partial charge on any atom is 0.472 e. The Labute approximate surface area is 387 Å². The molecule has 0 saturated heterocycles. The first-order valence-corrected chi connectivity index (χ1v) is 27.0. The van der Waals surface area contributed by atoms with Gasteiger partial charge >= 0.3 is 19.8 Å². The van der Waals surface area contributed by atoms with Crippen LogP contribution in [0.3, 0.4) is 0 Å². The van der Waals surface area contributed by atoms with Gasteiger partial charge in [-0.25, -0.2) is 4.57 Å². The number of esters is 2. The molecule has 0 spiro atoms. The molecule has 9 nitrogen and oxygen atoms in total. The number of phosphoric ester groups is 1. The van der Waals surface area contributed by atoms with Gasteiger partial charge in [0.2, 0.25) is 0 Å². The minimum atomic E-state index is -4.40. The summed E-state index contributed by atoms with van der Waals surface area (Å²) in [7, 11) is 1.44. The van der Waals surface area contributed by atoms with Crippen molar-refractivity contribution in [1.29, 1.82) is 0 Å². The number of carbonyl (C=O) groups is 2. The van der Waals surface area contributed by atoms with Gasteiger partial charge in [0.05, 0.1) is 27.7 Å². The van der Waals surface area contributed by atoms with Crippen molar-refractivity contribution < 1.29 is 42.1 Å². The predicted octanol–water partition coefficient (Wildman–Crippen LogP) is 15.2. The maximum atomic E-state index is 12.8. The lowest BCUT2D eigenvalue weighted by molar-refractivity contribution is -0.870. The summed E-state index contributed by atoms with van der Waals surface area (Å²) in [6, 6.07) is 0. The van der Waals surface area contributed by atoms with Crippen LogP contribution in [0.4, 0.5) is 0 Å². The molecule has 0 fully saturated rings. The molecule has 0 aromatic carbocycles. The van der Waals surface area contributed by atoms with Crippen molar-refractivity contribution in [2.24, 2.45) is 0 Å². The summed E-state index contributed by atoms with van der Waals surface area (Å²) in [6.07, 6.45) is 55.7. The number of ether oxygens (including phenoxy) is 2. The molecule has 0 aliphatic carbocycles. The predicted molar refractivity (Wildman–Crippen MR) is 266 cm³/mol. The van der Waals surface area contributed by atoms with E-state index in [-0.39, 0.29) is 26.1 Å². The quantitative estimate of drug-likeness (QED) is 0.0212. The summed E-state index contributed by atoms with van der Waals surface area (Å²) in [5.74, 6) is -0.889. The number of hydrogen-bond donors (Lipinski definition) is 1. The van der Waals surface area contributed by atoms with E-state index in [2.05, 4.69) is 62.5 Å². The summed E-state index contributed by atoms with van der Waals surface area (Å²) in [5, 5.41) is 0. The Bertz CT molecular complexity index is 1250. The van der Waals surface area contributed by atoms with E-state index in [1.54, 1.807) is 0 Å². The van der Waals surface area contributed by atoms with E-state index in [9.17, 15) is 19.0 Å². The van der Waals surface area contributed by atoms with E-state index in [1.165, 1.54) is 135 Å². The molecule has 0 aromatic rings. The Morgan fingerprint density at radius 1 is 0.492 bits per heavy atom. The Hall–Kier alpha value is -2.29. The number of quaternary nitrogens is 1. The lowest BCUT2D eigenvalue weighted by Crippen LogP contribution is -2.37. The van der Waals surface area contributed by atoms with Gasteiger partial charge in [-0.05, 0) is 51.4 Å². The zero-order chi connectivity index (χ0) is 46.4. The Morgan fingerprint density at radius 2 is 0.889 bits per heavy atom. The summed E-state index contributed by atoms with van der Waals surface area (Å²) in [4.78, 5) is 35.5. The van der Waals surface area contributed by atoms with Crippen molar-refractivity contribution in [3.8, 4) is 0 Å². The highest BCUT2D eigenvalue weighted by Crippen LogP contribution is 2.43. The number of carbonyl (C=O) groups excluding carboxylic acids is 2. The number of phosphoric acid groups is 1. The fourth-order valence-corrected chi connectivity index (χ4v) is 7.56. The van der Waals surface area contributed by atoms with Gasteiger partial charge in [-0.3, -0.25) is 18.6 Å². The molecular formula is C53H97NO8P+. The zero-order valence-electron chi connectivity index (χ0n) is 41.3. The summed E-state index contributed by atoms with van der Waals surface area (Å²) < 4.78 is 34.4. The van der Waals surface area contributed by atoms with Crippen molar-refractivity contribution >= 4 is 19.8 Å². The molecule has 0 aliphatic heterocycles. The van der Waals surface area contributed by atoms with Gasteiger partial charge in [0, 0.05) is 12.8 Å². The topological polar surface area (TPSA) is 108 Å². The van der Waals surface area contributed by atoms with Crippen LogP contribution in [0, 0.1) is 0 Å². The van der Waals surface area contributed by atoms with Crippen LogP contribution < -0.4 is 0 Å². The third-order valence-corrected chi connectivity index (χ3v) is 11.8. The summed E-state index contributed by atoms with van der Waals surface area (Å²) in [5.41, 5.74) is 0. The van der Waals surface area contributed by atoms with Gasteiger partial charge in [-0.15, -0.1) is 0 Å². The first-order valence-electron chi connectivity index (χ1n) is 25.5. The molecular weight excluding hydrogens is 810 g/mol. The molecule has 63 heavy (non-hydrogen) atoms. The number of unbranched alkanes of at least 4 members (excludes halogenated alkanes) is 22. The highest BCUT2D eigenvalue weighted by molar-refractivity contribution is 7.47. The Kier molecular flexibility index (Phi) is 43.3. The molecule has 0 aliphatic rings. The van der Waals surface area contributed by atoms with E-state index in [0.717, 1.165) is 38.5 Å². The molecule has 1 N–H and O–H groups in total. The molecule has 0 aromatic heterocycles. The van der Waals surface area contributed by atoms with Crippen molar-refractivity contribution in [2.45, 2.75) is 219 Å². The maximum absolute atomic E-state index is 12.8. The fraction of sp³-hybridized carbons (Fsp3) is 0.774. The number of likely N-dealkylation sites (N-methyl/N-ethyl adjacent to an activating group) is 1. The molecule has 0 bridgehead atoms. The second kappa shape index (κ2) is 44.9. The second-order valence-corrected chi connectivity index (χ2v) is 19.7. The van der Waals surface area contributed by atoms with Crippen molar-refractivity contribution in [1.82, 2.24) is 0 Å². The van der Waals surface area contributed by atoms with Crippen LogP contribution in [0.1, 0.15) is 213 Å². The molecule has 366 valence electrons. The molecule has 0 saturated carbocycles. The van der Waals surface area contributed by atoms with Crippen LogP contribution in [0.15, 0.2) is 60.8 Å². The van der Waals surface area contributed by atoms with Gasteiger partial charge in [0.1, 0.15) is 19.8 Å². The average molecular weight is 907 g/mol. The van der Waals surface area contributed by atoms with Gasteiger partial charge in [-0.1, -0.05) is 209 Å². The van der Waals surface area contributed by atoms with Crippen LogP contribution in [-0.2, 0) is 32.7 Å². The number of hydrogen-bond acceptors (Lipinski definition) is 7. The summed E-state index contributed by atoms with van der Waals surface area (Å²) in [6.45, 7) is 4.33. The van der Waals surface area contributed by atoms with E-state index in [1.807, 2.05) is 33.3 Å². The van der Waals surface area contributed by atoms with E-state index in [0.29, 0.717) is 23.9 Å². The highest BCUT2D eigenvalue weighted by Gasteiger charge is 2.27. The largest absolute Gasteiger partial charge is 0.472 e. The number of nitrogens with zero attached hydrogens (tertiary/aromatic N) is 1. The van der Waals surface area contributed by atoms with Gasteiger partial charge in [-0.2, -0.15) is 0 Å². The minimum Gasteiger partial charge on any atom is -0.462 e. The van der Waals surface area contributed by atoms with Gasteiger partial charge in [0.25, 0.3) is 0 Å². The number of rotatable bonds is 46. The highest BCUT2D eigenvalue weighted by atomic mass is 31.2. The van der Waals surface area contributed by atoms with Gasteiger partial charge in [0.15, 0.2) is 6.10 Å². The standard InChI is InChI=1S/C53H96NO8P/c1-6-8-10-12-14-16-18-20-22-24-26-28-30-32-34-36-38-40-42-44-46-53(56)62-51(50-61-63(57,58)60-48-47-54(3,4)5)49-59-52(55)45-43-41-39-37-35-33-31-29-27-25-23-21-19-17-15-13-11-9-7-2/h15,17,21,23,27,29,33,35,39,41,51H,6-14,16,18-20,22,24-26,28,30-32,34,36-38,40,42-50H2,1-5H3/p+1/b17-15+,23-21+,29-27+,35-33+,41-39+/t51-/m1/s1. The Morgan fingerprint density at radius 3 is 1.33 bits per heavy atom. The third-order valence-electron chi connectivity index (χ3n) is 10.8. The van der Waals surface area contributed by atoms with Crippen LogP contribution in [0.2, 0.25) is 0 Å². The third kappa shape index (κ3) is 49.0. The normalized spacial score (nSPS) is 13.9. The van der Waals surface area contributed by atoms with Crippen molar-refractivity contribution in [2.75, 3.05) is 47.5 Å².